The van der Waals surface area contributed by atoms with Gasteiger partial charge in [0.15, 0.2) is 0 Å². The number of halogens is 1. The zero-order chi connectivity index (χ0) is 11.6. The molecule has 0 bridgehead atoms. The summed E-state index contributed by atoms with van der Waals surface area (Å²) in [6, 6.07) is 0. The van der Waals surface area contributed by atoms with Crippen LogP contribution in [0.15, 0.2) is 0 Å². The number of hydrogen-bond donors (Lipinski definition) is 1. The van der Waals surface area contributed by atoms with Crippen LogP contribution >= 0.6 is 15.9 Å². The number of rotatable bonds is 5. The van der Waals surface area contributed by atoms with Crippen molar-refractivity contribution in [3.05, 3.63) is 0 Å². The number of alkyl halides is 1. The summed E-state index contributed by atoms with van der Waals surface area (Å²) >= 11 is 3.55. The molecule has 16 heavy (non-hydrogen) atoms. The summed E-state index contributed by atoms with van der Waals surface area (Å²) in [5.41, 5.74) is 0. The Hall–Kier alpha value is 0.390. The highest BCUT2D eigenvalue weighted by Gasteiger charge is 2.32. The molecule has 94 valence electrons. The van der Waals surface area contributed by atoms with Crippen LogP contribution in [-0.4, -0.2) is 25.0 Å². The Morgan fingerprint density at radius 1 is 1.12 bits per heavy atom. The fourth-order valence-electron chi connectivity index (χ4n) is 2.31. The van der Waals surface area contributed by atoms with Crippen molar-refractivity contribution in [2.45, 2.75) is 55.0 Å². The molecule has 0 aromatic carbocycles. The molecular formula is C11H20BrNO2S. The molecule has 1 unspecified atom stereocenters. The first-order valence-corrected chi connectivity index (χ1v) is 8.68. The summed E-state index contributed by atoms with van der Waals surface area (Å²) in [4.78, 5) is 0.325. The Balaban J connectivity index is 1.81. The summed E-state index contributed by atoms with van der Waals surface area (Å²) in [5, 5.41) is -0.139. The third-order valence-corrected chi connectivity index (χ3v) is 6.59. The topological polar surface area (TPSA) is 46.2 Å². The van der Waals surface area contributed by atoms with Crippen LogP contribution in [0, 0.1) is 5.92 Å². The van der Waals surface area contributed by atoms with E-state index in [1.54, 1.807) is 0 Å². The molecule has 1 atom stereocenters. The minimum absolute atomic E-state index is 0.139. The van der Waals surface area contributed by atoms with Crippen molar-refractivity contribution >= 4 is 26.0 Å². The third-order valence-electron chi connectivity index (χ3n) is 3.60. The smallest absolute Gasteiger partial charge is 0.214 e. The van der Waals surface area contributed by atoms with Crippen molar-refractivity contribution in [3.8, 4) is 0 Å². The summed E-state index contributed by atoms with van der Waals surface area (Å²) in [6.45, 7) is 0.559. The van der Waals surface area contributed by atoms with E-state index in [2.05, 4.69) is 20.7 Å². The molecule has 0 radical (unpaired) electrons. The Bertz CT molecular complexity index is 321. The minimum atomic E-state index is -3.06. The third kappa shape index (κ3) is 3.44. The first kappa shape index (κ1) is 12.8. The van der Waals surface area contributed by atoms with E-state index in [1.165, 1.54) is 19.3 Å². The quantitative estimate of drug-likeness (QED) is 0.793. The predicted molar refractivity (Wildman–Crippen MR) is 69.2 cm³/mol. The molecule has 3 nitrogen and oxygen atoms in total. The van der Waals surface area contributed by atoms with Gasteiger partial charge in [0, 0.05) is 11.4 Å². The van der Waals surface area contributed by atoms with Crippen molar-refractivity contribution in [1.29, 1.82) is 0 Å². The second kappa shape index (κ2) is 5.36. The van der Waals surface area contributed by atoms with Gasteiger partial charge in [-0.05, 0) is 31.6 Å². The molecule has 2 rings (SSSR count). The van der Waals surface area contributed by atoms with Gasteiger partial charge >= 0.3 is 0 Å². The molecule has 0 aromatic rings. The molecule has 2 saturated carbocycles. The van der Waals surface area contributed by atoms with Crippen LogP contribution in [0.3, 0.4) is 0 Å². The summed E-state index contributed by atoms with van der Waals surface area (Å²) in [7, 11) is -3.06. The zero-order valence-electron chi connectivity index (χ0n) is 9.49. The number of hydrogen-bond acceptors (Lipinski definition) is 2. The van der Waals surface area contributed by atoms with Gasteiger partial charge in [-0.25, -0.2) is 13.1 Å². The molecule has 0 aliphatic heterocycles. The molecule has 2 aliphatic carbocycles. The fourth-order valence-corrected chi connectivity index (χ4v) is 4.82. The van der Waals surface area contributed by atoms with E-state index < -0.39 is 10.0 Å². The normalized spacial score (nSPS) is 25.6. The maximum Gasteiger partial charge on any atom is 0.214 e. The second-order valence-electron chi connectivity index (χ2n) is 5.01. The zero-order valence-corrected chi connectivity index (χ0v) is 11.9. The molecule has 0 amide bonds. The average molecular weight is 310 g/mol. The van der Waals surface area contributed by atoms with E-state index in [0.29, 0.717) is 17.3 Å². The van der Waals surface area contributed by atoms with Gasteiger partial charge in [-0.1, -0.05) is 35.2 Å². The van der Waals surface area contributed by atoms with Gasteiger partial charge in [0.1, 0.15) is 0 Å². The molecule has 0 aromatic heterocycles. The van der Waals surface area contributed by atoms with E-state index in [4.69, 9.17) is 0 Å². The Kier molecular flexibility index (Phi) is 4.30. The molecule has 1 N–H and O–H groups in total. The van der Waals surface area contributed by atoms with Gasteiger partial charge in [0.2, 0.25) is 10.0 Å². The van der Waals surface area contributed by atoms with Gasteiger partial charge in [-0.15, -0.1) is 0 Å². The molecule has 0 spiro atoms. The van der Waals surface area contributed by atoms with Crippen LogP contribution in [0.5, 0.6) is 0 Å². The maximum atomic E-state index is 12.0. The number of sulfonamides is 1. The fraction of sp³-hybridized carbons (Fsp3) is 1.00. The Morgan fingerprint density at radius 2 is 1.75 bits per heavy atom. The van der Waals surface area contributed by atoms with Crippen LogP contribution in [0.25, 0.3) is 0 Å². The van der Waals surface area contributed by atoms with Crippen LogP contribution < -0.4 is 4.72 Å². The van der Waals surface area contributed by atoms with Crippen molar-refractivity contribution < 1.29 is 8.42 Å². The van der Waals surface area contributed by atoms with E-state index in [0.717, 1.165) is 25.7 Å². The highest BCUT2D eigenvalue weighted by Crippen LogP contribution is 2.36. The maximum absolute atomic E-state index is 12.0. The van der Waals surface area contributed by atoms with Crippen LogP contribution in [0.2, 0.25) is 0 Å². The highest BCUT2D eigenvalue weighted by molar-refractivity contribution is 9.09. The van der Waals surface area contributed by atoms with Crippen molar-refractivity contribution in [2.24, 2.45) is 5.92 Å². The lowest BCUT2D eigenvalue weighted by Crippen LogP contribution is -2.38. The standard InChI is InChI=1S/C11H20BrNO2S/c12-11(9-6-7-9)8-13-16(14,15)10-4-2-1-3-5-10/h9-11,13H,1-8H2. The lowest BCUT2D eigenvalue weighted by molar-refractivity contribution is 0.477. The predicted octanol–water partition coefficient (Wildman–Crippen LogP) is 2.41. The monoisotopic (exact) mass is 309 g/mol. The molecule has 2 aliphatic rings. The second-order valence-corrected chi connectivity index (χ2v) is 8.23. The van der Waals surface area contributed by atoms with Crippen molar-refractivity contribution in [2.75, 3.05) is 6.54 Å². The largest absolute Gasteiger partial charge is 0.214 e. The minimum Gasteiger partial charge on any atom is -0.214 e. The van der Waals surface area contributed by atoms with E-state index in [1.807, 2.05) is 0 Å². The van der Waals surface area contributed by atoms with E-state index >= 15 is 0 Å². The van der Waals surface area contributed by atoms with Gasteiger partial charge < -0.3 is 0 Å². The first-order chi connectivity index (χ1) is 7.59. The number of nitrogens with one attached hydrogen (secondary N) is 1. The highest BCUT2D eigenvalue weighted by atomic mass is 79.9. The average Bonchev–Trinajstić information content (AvgIpc) is 3.11. The molecular weight excluding hydrogens is 290 g/mol. The van der Waals surface area contributed by atoms with E-state index in [-0.39, 0.29) is 5.25 Å². The summed E-state index contributed by atoms with van der Waals surface area (Å²) < 4.78 is 26.8. The van der Waals surface area contributed by atoms with E-state index in [9.17, 15) is 8.42 Å². The van der Waals surface area contributed by atoms with Gasteiger partial charge in [-0.3, -0.25) is 0 Å². The van der Waals surface area contributed by atoms with Crippen LogP contribution in [0.1, 0.15) is 44.9 Å². The van der Waals surface area contributed by atoms with Crippen molar-refractivity contribution in [3.63, 3.8) is 0 Å². The van der Waals surface area contributed by atoms with Gasteiger partial charge in [-0.2, -0.15) is 0 Å². The molecule has 0 saturated heterocycles. The Morgan fingerprint density at radius 3 is 2.31 bits per heavy atom. The molecule has 0 heterocycles. The van der Waals surface area contributed by atoms with Gasteiger partial charge in [0.05, 0.1) is 5.25 Å². The SMILES string of the molecule is O=S(=O)(NCC(Br)C1CC1)C1CCCCC1. The van der Waals surface area contributed by atoms with Crippen LogP contribution in [0.4, 0.5) is 0 Å². The lowest BCUT2D eigenvalue weighted by atomic mass is 10.0. The molecule has 5 heteroatoms. The first-order valence-electron chi connectivity index (χ1n) is 6.22. The summed E-state index contributed by atoms with van der Waals surface area (Å²) in [5.74, 6) is 0.689. The summed E-state index contributed by atoms with van der Waals surface area (Å²) in [6.07, 6.45) is 7.46. The van der Waals surface area contributed by atoms with Crippen molar-refractivity contribution in [1.82, 2.24) is 4.72 Å². The Labute approximate surface area is 107 Å². The van der Waals surface area contributed by atoms with Crippen LogP contribution in [-0.2, 0) is 10.0 Å². The van der Waals surface area contributed by atoms with Gasteiger partial charge in [0.25, 0.3) is 0 Å². The molecule has 2 fully saturated rings. The lowest BCUT2D eigenvalue weighted by Gasteiger charge is -2.22.